The van der Waals surface area contributed by atoms with Gasteiger partial charge in [-0.1, -0.05) is 11.3 Å². The third-order valence-corrected chi connectivity index (χ3v) is 7.36. The molecule has 0 amide bonds. The number of benzene rings is 1. The highest BCUT2D eigenvalue weighted by Gasteiger charge is 2.34. The number of anilines is 1. The van der Waals surface area contributed by atoms with Gasteiger partial charge in [0.15, 0.2) is 16.7 Å². The van der Waals surface area contributed by atoms with E-state index in [9.17, 15) is 30.8 Å². The number of alkyl halides is 3. The van der Waals surface area contributed by atoms with Crippen LogP contribution < -0.4 is 9.64 Å². The molecule has 1 aromatic carbocycles. The Morgan fingerprint density at radius 1 is 1.23 bits per heavy atom. The maximum atomic E-state index is 13.9. The van der Waals surface area contributed by atoms with Gasteiger partial charge in [-0.05, 0) is 25.1 Å². The minimum Gasteiger partial charge on any atom is -0.477 e. The number of hydrogen-bond acceptors (Lipinski definition) is 7. The number of hydrogen-bond donors (Lipinski definition) is 1. The number of piperazine rings is 1. The molecule has 164 valence electrons. The van der Waals surface area contributed by atoms with Crippen LogP contribution in [0.2, 0.25) is 0 Å². The predicted molar refractivity (Wildman–Crippen MR) is 97.9 cm³/mol. The van der Waals surface area contributed by atoms with Crippen molar-refractivity contribution in [3.05, 3.63) is 34.6 Å². The first-order valence-electron chi connectivity index (χ1n) is 8.39. The van der Waals surface area contributed by atoms with Gasteiger partial charge in [-0.3, -0.25) is 0 Å². The number of carbonyl (C=O) groups is 1. The Hall–Kier alpha value is -2.45. The number of rotatable bonds is 5. The number of thiazole rings is 1. The summed E-state index contributed by atoms with van der Waals surface area (Å²) < 4.78 is 80.6. The molecular weight excluding hydrogens is 454 g/mol. The van der Waals surface area contributed by atoms with E-state index in [1.54, 1.807) is 11.8 Å². The standard InChI is InChI=1S/C16H15F4N3O5S2/c1-9-13(14(24)25)29-15(21-9)22-4-6-23(7-5-22)30(26,27)10-2-3-12(11(17)8-10)28-16(18,19)20/h2-3,8H,4-7H2,1H3,(H,24,25). The lowest BCUT2D eigenvalue weighted by molar-refractivity contribution is -0.275. The normalized spacial score (nSPS) is 16.0. The van der Waals surface area contributed by atoms with Crippen LogP contribution in [-0.2, 0) is 10.0 Å². The van der Waals surface area contributed by atoms with Crippen molar-refractivity contribution < 1.29 is 40.6 Å². The number of halogens is 4. The highest BCUT2D eigenvalue weighted by Crippen LogP contribution is 2.30. The van der Waals surface area contributed by atoms with Crippen LogP contribution in [0.5, 0.6) is 5.75 Å². The fourth-order valence-corrected chi connectivity index (χ4v) is 5.23. The van der Waals surface area contributed by atoms with E-state index in [1.807, 2.05) is 0 Å². The Kier molecular flexibility index (Phi) is 5.93. The molecule has 0 saturated carbocycles. The molecule has 30 heavy (non-hydrogen) atoms. The zero-order valence-corrected chi connectivity index (χ0v) is 16.9. The number of aryl methyl sites for hydroxylation is 1. The lowest BCUT2D eigenvalue weighted by atomic mass is 10.3. The number of carboxylic acids is 1. The van der Waals surface area contributed by atoms with Crippen LogP contribution in [-0.4, -0.2) is 61.3 Å². The van der Waals surface area contributed by atoms with Crippen LogP contribution in [0.3, 0.4) is 0 Å². The van der Waals surface area contributed by atoms with Crippen molar-refractivity contribution in [2.45, 2.75) is 18.2 Å². The van der Waals surface area contributed by atoms with E-state index in [0.717, 1.165) is 21.7 Å². The van der Waals surface area contributed by atoms with Gasteiger partial charge >= 0.3 is 12.3 Å². The first kappa shape index (κ1) is 22.2. The molecule has 0 bridgehead atoms. The minimum absolute atomic E-state index is 0.00574. The van der Waals surface area contributed by atoms with Gasteiger partial charge in [0.2, 0.25) is 10.0 Å². The molecule has 1 saturated heterocycles. The van der Waals surface area contributed by atoms with Crippen LogP contribution >= 0.6 is 11.3 Å². The first-order chi connectivity index (χ1) is 13.9. The number of carboxylic acid groups (broad SMARTS) is 1. The number of aromatic nitrogens is 1. The van der Waals surface area contributed by atoms with Crippen LogP contribution in [0.15, 0.2) is 23.1 Å². The first-order valence-corrected chi connectivity index (χ1v) is 10.7. The summed E-state index contributed by atoms with van der Waals surface area (Å²) in [6.07, 6.45) is -5.10. The molecule has 2 heterocycles. The summed E-state index contributed by atoms with van der Waals surface area (Å²) in [6, 6.07) is 1.93. The van der Waals surface area contributed by atoms with Crippen molar-refractivity contribution in [2.75, 3.05) is 31.1 Å². The van der Waals surface area contributed by atoms with Crippen molar-refractivity contribution in [2.24, 2.45) is 0 Å². The zero-order chi connectivity index (χ0) is 22.3. The molecule has 0 aliphatic carbocycles. The average Bonchev–Trinajstić information content (AvgIpc) is 3.04. The van der Waals surface area contributed by atoms with E-state index < -0.39 is 38.8 Å². The topological polar surface area (TPSA) is 100 Å². The monoisotopic (exact) mass is 469 g/mol. The van der Waals surface area contributed by atoms with Crippen molar-refractivity contribution in [3.8, 4) is 5.75 Å². The number of aromatic carboxylic acids is 1. The lowest BCUT2D eigenvalue weighted by Gasteiger charge is -2.33. The van der Waals surface area contributed by atoms with Crippen LogP contribution in [0, 0.1) is 12.7 Å². The minimum atomic E-state index is -5.10. The van der Waals surface area contributed by atoms with E-state index in [4.69, 9.17) is 5.11 Å². The molecule has 8 nitrogen and oxygen atoms in total. The molecule has 14 heteroatoms. The largest absolute Gasteiger partial charge is 0.573 e. The Morgan fingerprint density at radius 2 is 1.87 bits per heavy atom. The summed E-state index contributed by atoms with van der Waals surface area (Å²) >= 11 is 0.979. The average molecular weight is 469 g/mol. The summed E-state index contributed by atoms with van der Waals surface area (Å²) in [4.78, 5) is 16.7. The fourth-order valence-electron chi connectivity index (χ4n) is 2.83. The molecule has 0 unspecified atom stereocenters. The van der Waals surface area contributed by atoms with Gasteiger partial charge < -0.3 is 14.7 Å². The molecule has 1 aliphatic rings. The Bertz CT molecular complexity index is 1060. The van der Waals surface area contributed by atoms with Gasteiger partial charge in [-0.15, -0.1) is 13.2 Å². The molecule has 1 aliphatic heterocycles. The maximum Gasteiger partial charge on any atom is 0.573 e. The van der Waals surface area contributed by atoms with Gasteiger partial charge in [0.25, 0.3) is 0 Å². The van der Waals surface area contributed by atoms with Gasteiger partial charge in [0, 0.05) is 26.2 Å². The van der Waals surface area contributed by atoms with Crippen LogP contribution in [0.25, 0.3) is 0 Å². The summed E-state index contributed by atoms with van der Waals surface area (Å²) in [5, 5.41) is 9.56. The van der Waals surface area contributed by atoms with E-state index in [0.29, 0.717) is 23.0 Å². The SMILES string of the molecule is Cc1nc(N2CCN(S(=O)(=O)c3ccc(OC(F)(F)F)c(F)c3)CC2)sc1C(=O)O. The quantitative estimate of drug-likeness (QED) is 0.672. The second-order valence-corrected chi connectivity index (χ2v) is 9.16. The highest BCUT2D eigenvalue weighted by molar-refractivity contribution is 7.89. The second kappa shape index (κ2) is 8.00. The van der Waals surface area contributed by atoms with Crippen LogP contribution in [0.1, 0.15) is 15.4 Å². The van der Waals surface area contributed by atoms with Gasteiger partial charge in [0.05, 0.1) is 10.6 Å². The van der Waals surface area contributed by atoms with Crippen LogP contribution in [0.4, 0.5) is 22.7 Å². The molecule has 0 spiro atoms. The molecule has 0 atom stereocenters. The van der Waals surface area contributed by atoms with E-state index in [2.05, 4.69) is 9.72 Å². The van der Waals surface area contributed by atoms with E-state index in [1.165, 1.54) is 0 Å². The third-order valence-electron chi connectivity index (χ3n) is 4.26. The predicted octanol–water partition coefficient (Wildman–Crippen LogP) is 2.70. The highest BCUT2D eigenvalue weighted by atomic mass is 32.2. The van der Waals surface area contributed by atoms with Crippen molar-refractivity contribution >= 4 is 32.5 Å². The maximum absolute atomic E-state index is 13.9. The number of ether oxygens (including phenoxy) is 1. The summed E-state index contributed by atoms with van der Waals surface area (Å²) in [5.41, 5.74) is 0.356. The smallest absolute Gasteiger partial charge is 0.477 e. The summed E-state index contributed by atoms with van der Waals surface area (Å²) in [7, 11) is -4.15. The molecular formula is C16H15F4N3O5S2. The molecule has 1 fully saturated rings. The lowest BCUT2D eigenvalue weighted by Crippen LogP contribution is -2.48. The Morgan fingerprint density at radius 3 is 2.37 bits per heavy atom. The molecule has 1 aromatic heterocycles. The van der Waals surface area contributed by atoms with Gasteiger partial charge in [-0.25, -0.2) is 22.6 Å². The molecule has 0 radical (unpaired) electrons. The zero-order valence-electron chi connectivity index (χ0n) is 15.3. The second-order valence-electron chi connectivity index (χ2n) is 6.25. The molecule has 1 N–H and O–H groups in total. The fraction of sp³-hybridized carbons (Fsp3) is 0.375. The Labute approximate surface area is 172 Å². The number of nitrogens with zero attached hydrogens (tertiary/aromatic N) is 3. The van der Waals surface area contributed by atoms with Gasteiger partial charge in [0.1, 0.15) is 4.88 Å². The van der Waals surface area contributed by atoms with Crippen molar-refractivity contribution in [1.29, 1.82) is 0 Å². The Balaban J connectivity index is 1.72. The van der Waals surface area contributed by atoms with Gasteiger partial charge in [-0.2, -0.15) is 4.31 Å². The third kappa shape index (κ3) is 4.65. The number of sulfonamides is 1. The van der Waals surface area contributed by atoms with Crippen molar-refractivity contribution in [3.63, 3.8) is 0 Å². The summed E-state index contributed by atoms with van der Waals surface area (Å²) in [5.74, 6) is -3.68. The van der Waals surface area contributed by atoms with E-state index in [-0.39, 0.29) is 31.1 Å². The molecule has 2 aromatic rings. The molecule has 3 rings (SSSR count). The van der Waals surface area contributed by atoms with E-state index >= 15 is 0 Å². The summed E-state index contributed by atoms with van der Waals surface area (Å²) in [6.45, 7) is 1.99. The van der Waals surface area contributed by atoms with Crippen molar-refractivity contribution in [1.82, 2.24) is 9.29 Å².